The number of halogens is 1. The second-order valence-electron chi connectivity index (χ2n) is 4.08. The van der Waals surface area contributed by atoms with E-state index in [2.05, 4.69) is 9.69 Å². The number of hydrogen-bond acceptors (Lipinski definition) is 4. The second-order valence-corrected chi connectivity index (χ2v) is 4.86. The number of carboxylic acids is 1. The Hall–Kier alpha value is -1.95. The molecule has 4 nitrogen and oxygen atoms in total. The van der Waals surface area contributed by atoms with Crippen LogP contribution < -0.4 is 5.32 Å². The lowest BCUT2D eigenvalue weighted by Gasteiger charge is -2.05. The number of benzene rings is 1. The topological polar surface area (TPSA) is 62.2 Å². The Morgan fingerprint density at radius 1 is 1.53 bits per heavy atom. The van der Waals surface area contributed by atoms with Crippen LogP contribution in [-0.4, -0.2) is 22.0 Å². The predicted octanol–water partition coefficient (Wildman–Crippen LogP) is 2.94. The van der Waals surface area contributed by atoms with E-state index in [9.17, 15) is 9.18 Å². The molecule has 2 N–H and O–H groups in total. The summed E-state index contributed by atoms with van der Waals surface area (Å²) in [6.45, 7) is 2.20. The van der Waals surface area contributed by atoms with E-state index in [0.717, 1.165) is 17.1 Å². The summed E-state index contributed by atoms with van der Waals surface area (Å²) in [5, 5.41) is 12.6. The molecule has 2 rings (SSSR count). The summed E-state index contributed by atoms with van der Waals surface area (Å²) >= 11 is 1.13. The zero-order valence-electron chi connectivity index (χ0n) is 10.3. The lowest BCUT2D eigenvalue weighted by atomic mass is 10.1. The largest absolute Gasteiger partial charge is 0.478 e. The first kappa shape index (κ1) is 13.5. The van der Waals surface area contributed by atoms with Crippen LogP contribution in [0, 0.1) is 12.7 Å². The molecule has 0 spiro atoms. The summed E-state index contributed by atoms with van der Waals surface area (Å²) in [5.41, 5.74) is 1.58. The van der Waals surface area contributed by atoms with Crippen molar-refractivity contribution in [2.24, 2.45) is 0 Å². The lowest BCUT2D eigenvalue weighted by molar-refractivity contribution is 0.0697. The number of hydrogen-bond donors (Lipinski definition) is 2. The zero-order chi connectivity index (χ0) is 13.8. The van der Waals surface area contributed by atoms with Gasteiger partial charge in [0, 0.05) is 6.54 Å². The summed E-state index contributed by atoms with van der Waals surface area (Å²) < 4.78 is 17.0. The molecule has 0 bridgehead atoms. The van der Waals surface area contributed by atoms with E-state index < -0.39 is 5.97 Å². The number of carboxylic acid groups (broad SMARTS) is 1. The number of aromatic carboxylic acids is 1. The number of nitrogens with one attached hydrogen (secondary N) is 1. The first-order valence-corrected chi connectivity index (χ1v) is 6.53. The summed E-state index contributed by atoms with van der Waals surface area (Å²) in [6.07, 6.45) is 0.619. The van der Waals surface area contributed by atoms with Crippen molar-refractivity contribution in [2.75, 3.05) is 11.9 Å². The Kier molecular flexibility index (Phi) is 4.11. The molecule has 19 heavy (non-hydrogen) atoms. The van der Waals surface area contributed by atoms with Gasteiger partial charge in [-0.1, -0.05) is 12.1 Å². The van der Waals surface area contributed by atoms with Gasteiger partial charge in [0.1, 0.15) is 16.4 Å². The minimum atomic E-state index is -0.987. The number of anilines is 1. The first-order chi connectivity index (χ1) is 9.08. The van der Waals surface area contributed by atoms with Gasteiger partial charge in [-0.05, 0) is 42.6 Å². The van der Waals surface area contributed by atoms with Gasteiger partial charge >= 0.3 is 5.97 Å². The maximum atomic E-state index is 13.0. The molecule has 0 saturated carbocycles. The second kappa shape index (κ2) is 5.79. The van der Waals surface area contributed by atoms with E-state index >= 15 is 0 Å². The van der Waals surface area contributed by atoms with Crippen molar-refractivity contribution in [1.82, 2.24) is 4.37 Å². The fourth-order valence-electron chi connectivity index (χ4n) is 1.76. The molecule has 1 aromatic carbocycles. The monoisotopic (exact) mass is 280 g/mol. The fraction of sp³-hybridized carbons (Fsp3) is 0.231. The van der Waals surface area contributed by atoms with E-state index in [1.54, 1.807) is 13.0 Å². The maximum absolute atomic E-state index is 13.0. The van der Waals surface area contributed by atoms with Crippen LogP contribution in [0.3, 0.4) is 0 Å². The molecule has 0 atom stereocenters. The van der Waals surface area contributed by atoms with Crippen LogP contribution in [-0.2, 0) is 6.42 Å². The van der Waals surface area contributed by atoms with Crippen molar-refractivity contribution < 1.29 is 14.3 Å². The Balaban J connectivity index is 1.98. The highest BCUT2D eigenvalue weighted by Gasteiger charge is 2.16. The summed E-state index contributed by atoms with van der Waals surface area (Å²) in [5.74, 6) is -1.25. The van der Waals surface area contributed by atoms with Crippen LogP contribution in [0.25, 0.3) is 0 Å². The first-order valence-electron chi connectivity index (χ1n) is 5.76. The number of rotatable bonds is 5. The average molecular weight is 280 g/mol. The predicted molar refractivity (Wildman–Crippen MR) is 72.4 cm³/mol. The molecule has 0 amide bonds. The molecule has 0 radical (unpaired) electrons. The van der Waals surface area contributed by atoms with Gasteiger partial charge in [-0.15, -0.1) is 0 Å². The quantitative estimate of drug-likeness (QED) is 0.884. The molecule has 0 unspecified atom stereocenters. The molecule has 0 aliphatic heterocycles. The van der Waals surface area contributed by atoms with Crippen molar-refractivity contribution in [1.29, 1.82) is 0 Å². The fourth-order valence-corrected chi connectivity index (χ4v) is 2.57. The van der Waals surface area contributed by atoms with Gasteiger partial charge in [-0.2, -0.15) is 4.37 Å². The molecule has 1 heterocycles. The van der Waals surface area contributed by atoms with Crippen molar-refractivity contribution >= 4 is 22.5 Å². The van der Waals surface area contributed by atoms with Crippen LogP contribution in [0.1, 0.15) is 21.6 Å². The highest BCUT2D eigenvalue weighted by Crippen LogP contribution is 2.24. The minimum Gasteiger partial charge on any atom is -0.478 e. The van der Waals surface area contributed by atoms with E-state index in [1.165, 1.54) is 12.1 Å². The van der Waals surface area contributed by atoms with E-state index in [0.29, 0.717) is 23.7 Å². The van der Waals surface area contributed by atoms with E-state index in [4.69, 9.17) is 5.11 Å². The summed E-state index contributed by atoms with van der Waals surface area (Å²) in [7, 11) is 0. The zero-order valence-corrected chi connectivity index (χ0v) is 11.1. The molecule has 1 aromatic heterocycles. The number of aryl methyl sites for hydroxylation is 1. The number of nitrogens with zero attached hydrogens (tertiary/aromatic N) is 1. The summed E-state index contributed by atoms with van der Waals surface area (Å²) in [4.78, 5) is 11.1. The normalized spacial score (nSPS) is 10.4. The molecule has 2 aromatic rings. The smallest absolute Gasteiger partial charge is 0.340 e. The Labute approximate surface area is 114 Å². The highest BCUT2D eigenvalue weighted by atomic mass is 32.1. The van der Waals surface area contributed by atoms with Gasteiger partial charge < -0.3 is 10.4 Å². The van der Waals surface area contributed by atoms with Crippen molar-refractivity contribution in [3.63, 3.8) is 0 Å². The maximum Gasteiger partial charge on any atom is 0.340 e. The Morgan fingerprint density at radius 2 is 2.32 bits per heavy atom. The van der Waals surface area contributed by atoms with Crippen molar-refractivity contribution in [3.05, 3.63) is 46.9 Å². The Morgan fingerprint density at radius 3 is 3.00 bits per heavy atom. The third kappa shape index (κ3) is 3.29. The van der Waals surface area contributed by atoms with E-state index in [-0.39, 0.29) is 11.4 Å². The summed E-state index contributed by atoms with van der Waals surface area (Å²) in [6, 6.07) is 6.36. The highest BCUT2D eigenvalue weighted by molar-refractivity contribution is 7.10. The minimum absolute atomic E-state index is 0.212. The number of aromatic nitrogens is 1. The van der Waals surface area contributed by atoms with Crippen LogP contribution in [0.2, 0.25) is 0 Å². The van der Waals surface area contributed by atoms with Crippen LogP contribution in [0.15, 0.2) is 24.3 Å². The van der Waals surface area contributed by atoms with Gasteiger partial charge in [0.05, 0.1) is 5.69 Å². The lowest BCUT2D eigenvalue weighted by Crippen LogP contribution is -2.08. The van der Waals surface area contributed by atoms with Gasteiger partial charge in [0.15, 0.2) is 0 Å². The van der Waals surface area contributed by atoms with Gasteiger partial charge in [-0.3, -0.25) is 0 Å². The average Bonchev–Trinajstić information content (AvgIpc) is 2.71. The van der Waals surface area contributed by atoms with Crippen LogP contribution in [0.5, 0.6) is 0 Å². The third-order valence-corrected chi connectivity index (χ3v) is 3.56. The SMILES string of the molecule is Cc1nsc(NCCc2cccc(F)c2)c1C(=O)O. The molecular formula is C13H13FN2O2S. The molecule has 0 fully saturated rings. The van der Waals surface area contributed by atoms with Crippen molar-refractivity contribution in [3.8, 4) is 0 Å². The number of carbonyl (C=O) groups is 1. The molecule has 0 aliphatic rings. The van der Waals surface area contributed by atoms with Gasteiger partial charge in [-0.25, -0.2) is 9.18 Å². The van der Waals surface area contributed by atoms with Gasteiger partial charge in [0.2, 0.25) is 0 Å². The van der Waals surface area contributed by atoms with E-state index in [1.807, 2.05) is 6.07 Å². The van der Waals surface area contributed by atoms with Gasteiger partial charge in [0.25, 0.3) is 0 Å². The third-order valence-electron chi connectivity index (χ3n) is 2.66. The molecule has 100 valence electrons. The molecule has 6 heteroatoms. The molecular weight excluding hydrogens is 267 g/mol. The Bertz CT molecular complexity index is 598. The molecule has 0 saturated heterocycles. The van der Waals surface area contributed by atoms with Crippen LogP contribution in [0.4, 0.5) is 9.39 Å². The van der Waals surface area contributed by atoms with Crippen molar-refractivity contribution in [2.45, 2.75) is 13.3 Å². The van der Waals surface area contributed by atoms with Crippen LogP contribution >= 0.6 is 11.5 Å². The molecule has 0 aliphatic carbocycles. The standard InChI is InChI=1S/C13H13FN2O2S/c1-8-11(13(17)18)12(19-16-8)15-6-5-9-3-2-4-10(14)7-9/h2-4,7,15H,5-6H2,1H3,(H,17,18).